The van der Waals surface area contributed by atoms with Crippen LogP contribution in [-0.4, -0.2) is 44.2 Å². The minimum Gasteiger partial charge on any atom is -0.465 e. The monoisotopic (exact) mass is 354 g/mol. The highest BCUT2D eigenvalue weighted by Crippen LogP contribution is 2.29. The molecule has 0 aromatic heterocycles. The summed E-state index contributed by atoms with van der Waals surface area (Å²) in [5.74, 6) is -0.754. The Labute approximate surface area is 152 Å². The summed E-state index contributed by atoms with van der Waals surface area (Å²) in [6, 6.07) is 12.1. The van der Waals surface area contributed by atoms with E-state index in [0.717, 1.165) is 18.5 Å². The van der Waals surface area contributed by atoms with Crippen LogP contribution in [0.3, 0.4) is 0 Å². The maximum absolute atomic E-state index is 12.2. The molecule has 136 valence electrons. The highest BCUT2D eigenvalue weighted by molar-refractivity contribution is 5.96. The summed E-state index contributed by atoms with van der Waals surface area (Å²) in [6.45, 7) is 1.10. The zero-order valence-corrected chi connectivity index (χ0v) is 14.9. The molecule has 0 fully saturated rings. The summed E-state index contributed by atoms with van der Waals surface area (Å²) < 4.78 is 4.63. The molecule has 26 heavy (non-hydrogen) atoms. The van der Waals surface area contributed by atoms with Crippen molar-refractivity contribution in [2.45, 2.75) is 12.5 Å². The Morgan fingerprint density at radius 1 is 1.19 bits per heavy atom. The Morgan fingerprint density at radius 3 is 2.58 bits per heavy atom. The molecule has 1 heterocycles. The number of carbonyl (C=O) groups is 2. The molecule has 1 aliphatic heterocycles. The molecular formula is C20H22N2O4. The van der Waals surface area contributed by atoms with Crippen LogP contribution >= 0.6 is 0 Å². The Balaban J connectivity index is 1.60. The SMILES string of the molecule is COC(=O)c1ccc(C(=O)NC[C@H](O)c2ccc3c(c2)CCN3C)cc1. The number of ether oxygens (including phenoxy) is 1. The second-order valence-electron chi connectivity index (χ2n) is 6.35. The molecule has 6 nitrogen and oxygen atoms in total. The van der Waals surface area contributed by atoms with Crippen LogP contribution in [0.1, 0.15) is 37.9 Å². The van der Waals surface area contributed by atoms with Crippen LogP contribution in [0.5, 0.6) is 0 Å². The molecule has 0 spiro atoms. The number of amides is 1. The summed E-state index contributed by atoms with van der Waals surface area (Å²) in [7, 11) is 3.36. The molecule has 1 atom stereocenters. The largest absolute Gasteiger partial charge is 0.465 e. The van der Waals surface area contributed by atoms with Crippen LogP contribution in [0.4, 0.5) is 5.69 Å². The van der Waals surface area contributed by atoms with E-state index in [-0.39, 0.29) is 12.5 Å². The molecule has 6 heteroatoms. The Kier molecular flexibility index (Phi) is 5.23. The first-order chi connectivity index (χ1) is 12.5. The number of benzene rings is 2. The predicted molar refractivity (Wildman–Crippen MR) is 98.5 cm³/mol. The standard InChI is InChI=1S/C20H22N2O4/c1-22-10-9-15-11-16(7-8-17(15)22)18(23)12-21-19(24)13-3-5-14(6-4-13)20(25)26-2/h3-8,11,18,23H,9-10,12H2,1-2H3,(H,21,24)/t18-/m0/s1. The van der Waals surface area contributed by atoms with Crippen molar-refractivity contribution in [2.75, 3.05) is 32.1 Å². The van der Waals surface area contributed by atoms with Crippen LogP contribution in [0, 0.1) is 0 Å². The van der Waals surface area contributed by atoms with Gasteiger partial charge in [-0.3, -0.25) is 4.79 Å². The van der Waals surface area contributed by atoms with E-state index < -0.39 is 12.1 Å². The normalized spacial score (nSPS) is 13.9. The summed E-state index contributed by atoms with van der Waals surface area (Å²) >= 11 is 0. The quantitative estimate of drug-likeness (QED) is 0.802. The van der Waals surface area contributed by atoms with Crippen molar-refractivity contribution in [3.05, 3.63) is 64.7 Å². The lowest BCUT2D eigenvalue weighted by Gasteiger charge is -2.15. The number of nitrogens with zero attached hydrogens (tertiary/aromatic N) is 1. The molecule has 2 aromatic rings. The second kappa shape index (κ2) is 7.58. The first-order valence-corrected chi connectivity index (χ1v) is 8.48. The third kappa shape index (κ3) is 3.70. The fourth-order valence-electron chi connectivity index (χ4n) is 3.08. The number of hydrogen-bond acceptors (Lipinski definition) is 5. The van der Waals surface area contributed by atoms with Crippen molar-refractivity contribution >= 4 is 17.6 Å². The lowest BCUT2D eigenvalue weighted by Crippen LogP contribution is -2.28. The van der Waals surface area contributed by atoms with Crippen LogP contribution in [0.15, 0.2) is 42.5 Å². The Bertz CT molecular complexity index is 817. The molecule has 0 unspecified atom stereocenters. The highest BCUT2D eigenvalue weighted by Gasteiger charge is 2.18. The number of methoxy groups -OCH3 is 1. The molecule has 3 rings (SSSR count). The number of esters is 1. The molecule has 2 aromatic carbocycles. The topological polar surface area (TPSA) is 78.9 Å². The van der Waals surface area contributed by atoms with Gasteiger partial charge in [-0.05, 0) is 47.9 Å². The predicted octanol–water partition coefficient (Wildman–Crippen LogP) is 1.93. The summed E-state index contributed by atoms with van der Waals surface area (Å²) in [5, 5.41) is 13.1. The first kappa shape index (κ1) is 17.9. The molecule has 1 amide bonds. The number of nitrogens with one attached hydrogen (secondary N) is 1. The molecule has 0 saturated heterocycles. The molecule has 0 bridgehead atoms. The zero-order chi connectivity index (χ0) is 18.7. The van der Waals surface area contributed by atoms with Crippen LogP contribution in [0.25, 0.3) is 0 Å². The van der Waals surface area contributed by atoms with Gasteiger partial charge in [0.15, 0.2) is 0 Å². The van der Waals surface area contributed by atoms with Crippen LogP contribution < -0.4 is 10.2 Å². The van der Waals surface area contributed by atoms with Gasteiger partial charge in [-0.1, -0.05) is 12.1 Å². The summed E-state index contributed by atoms with van der Waals surface area (Å²) in [6.07, 6.45) is 0.190. The van der Waals surface area contributed by atoms with Crippen molar-refractivity contribution in [3.8, 4) is 0 Å². The van der Waals surface area contributed by atoms with Gasteiger partial charge in [-0.25, -0.2) is 4.79 Å². The zero-order valence-electron chi connectivity index (χ0n) is 14.9. The van der Waals surface area contributed by atoms with Crippen molar-refractivity contribution in [2.24, 2.45) is 0 Å². The second-order valence-corrected chi connectivity index (χ2v) is 6.35. The van der Waals surface area contributed by atoms with Gasteiger partial charge in [0.05, 0.1) is 18.8 Å². The van der Waals surface area contributed by atoms with Gasteiger partial charge in [-0.15, -0.1) is 0 Å². The van der Waals surface area contributed by atoms with Gasteiger partial charge in [0.1, 0.15) is 0 Å². The number of aliphatic hydroxyl groups is 1. The summed E-state index contributed by atoms with van der Waals surface area (Å²) in [5.41, 5.74) is 4.00. The number of hydrogen-bond donors (Lipinski definition) is 2. The molecule has 1 aliphatic rings. The molecular weight excluding hydrogens is 332 g/mol. The van der Waals surface area contributed by atoms with E-state index in [1.807, 2.05) is 25.2 Å². The molecule has 0 aliphatic carbocycles. The number of fused-ring (bicyclic) bond motifs is 1. The van der Waals surface area contributed by atoms with Gasteiger partial charge in [0.25, 0.3) is 5.91 Å². The average Bonchev–Trinajstić information content (AvgIpc) is 3.05. The number of rotatable bonds is 5. The van der Waals surface area contributed by atoms with Crippen LogP contribution in [0.2, 0.25) is 0 Å². The third-order valence-corrected chi connectivity index (χ3v) is 4.64. The van der Waals surface area contributed by atoms with Crippen molar-refractivity contribution in [1.29, 1.82) is 0 Å². The van der Waals surface area contributed by atoms with Gasteiger partial charge >= 0.3 is 5.97 Å². The van der Waals surface area contributed by atoms with Gasteiger partial charge < -0.3 is 20.1 Å². The van der Waals surface area contributed by atoms with E-state index in [9.17, 15) is 14.7 Å². The van der Waals surface area contributed by atoms with E-state index in [1.54, 1.807) is 12.1 Å². The number of aliphatic hydroxyl groups excluding tert-OH is 1. The maximum Gasteiger partial charge on any atom is 0.337 e. The molecule has 0 radical (unpaired) electrons. The fraction of sp³-hybridized carbons (Fsp3) is 0.300. The van der Waals surface area contributed by atoms with Crippen molar-refractivity contribution < 1.29 is 19.4 Å². The van der Waals surface area contributed by atoms with Gasteiger partial charge in [0, 0.05) is 31.4 Å². The first-order valence-electron chi connectivity index (χ1n) is 8.48. The lowest BCUT2D eigenvalue weighted by atomic mass is 10.0. The fourth-order valence-corrected chi connectivity index (χ4v) is 3.08. The van der Waals surface area contributed by atoms with E-state index in [0.29, 0.717) is 11.1 Å². The number of anilines is 1. The Morgan fingerprint density at radius 2 is 1.88 bits per heavy atom. The van der Waals surface area contributed by atoms with Crippen LogP contribution in [-0.2, 0) is 11.2 Å². The summed E-state index contributed by atoms with van der Waals surface area (Å²) in [4.78, 5) is 25.8. The van der Waals surface area contributed by atoms with Gasteiger partial charge in [0.2, 0.25) is 0 Å². The van der Waals surface area contributed by atoms with E-state index in [4.69, 9.17) is 0 Å². The number of carbonyl (C=O) groups excluding carboxylic acids is 2. The number of likely N-dealkylation sites (N-methyl/N-ethyl adjacent to an activating group) is 1. The van der Waals surface area contributed by atoms with Gasteiger partial charge in [-0.2, -0.15) is 0 Å². The molecule has 2 N–H and O–H groups in total. The third-order valence-electron chi connectivity index (χ3n) is 4.64. The maximum atomic E-state index is 12.2. The highest BCUT2D eigenvalue weighted by atomic mass is 16.5. The Hall–Kier alpha value is -2.86. The van der Waals surface area contributed by atoms with Crippen molar-refractivity contribution in [1.82, 2.24) is 5.32 Å². The average molecular weight is 354 g/mol. The molecule has 0 saturated carbocycles. The smallest absolute Gasteiger partial charge is 0.337 e. The van der Waals surface area contributed by atoms with E-state index in [2.05, 4.69) is 15.0 Å². The van der Waals surface area contributed by atoms with E-state index >= 15 is 0 Å². The minimum absolute atomic E-state index is 0.117. The lowest BCUT2D eigenvalue weighted by molar-refractivity contribution is 0.0600. The van der Waals surface area contributed by atoms with E-state index in [1.165, 1.54) is 30.5 Å². The minimum atomic E-state index is -0.774. The van der Waals surface area contributed by atoms with Crippen molar-refractivity contribution in [3.63, 3.8) is 0 Å².